The van der Waals surface area contributed by atoms with Crippen LogP contribution in [0, 0.1) is 0 Å². The van der Waals surface area contributed by atoms with Crippen molar-refractivity contribution in [2.45, 2.75) is 25.6 Å². The monoisotopic (exact) mass is 337 g/mol. The number of nitrogens with one attached hydrogen (secondary N) is 1. The number of hydrogen-bond donors (Lipinski definition) is 2. The standard InChI is InChI=1S/C15H16ClN3O4/c1-15(13(20)21,10-19-8-12(16)7-17-19)18-14(22)23-9-11-5-3-2-4-6-11/h2-8H,9-10H2,1H3,(H,18,22)(H,20,21). The molecule has 0 fully saturated rings. The lowest BCUT2D eigenvalue weighted by atomic mass is 10.0. The van der Waals surface area contributed by atoms with Crippen LogP contribution in [0.5, 0.6) is 0 Å². The molecule has 0 radical (unpaired) electrons. The van der Waals surface area contributed by atoms with Gasteiger partial charge in [0.25, 0.3) is 0 Å². The van der Waals surface area contributed by atoms with Gasteiger partial charge in [0.1, 0.15) is 6.61 Å². The van der Waals surface area contributed by atoms with Crippen molar-refractivity contribution in [2.75, 3.05) is 0 Å². The molecule has 1 aromatic carbocycles. The predicted molar refractivity (Wildman–Crippen MR) is 83.0 cm³/mol. The van der Waals surface area contributed by atoms with Gasteiger partial charge in [0.2, 0.25) is 0 Å². The van der Waals surface area contributed by atoms with E-state index in [4.69, 9.17) is 16.3 Å². The Bertz CT molecular complexity index is 689. The molecule has 1 amide bonds. The molecule has 1 aromatic heterocycles. The third kappa shape index (κ3) is 4.72. The van der Waals surface area contributed by atoms with Crippen LogP contribution in [0.4, 0.5) is 4.79 Å². The highest BCUT2D eigenvalue weighted by molar-refractivity contribution is 6.30. The molecule has 1 atom stereocenters. The van der Waals surface area contributed by atoms with Gasteiger partial charge in [-0.2, -0.15) is 5.10 Å². The first-order chi connectivity index (χ1) is 10.9. The second-order valence-electron chi connectivity index (χ2n) is 5.18. The van der Waals surface area contributed by atoms with Crippen LogP contribution in [0.1, 0.15) is 12.5 Å². The van der Waals surface area contributed by atoms with Crippen LogP contribution in [0.3, 0.4) is 0 Å². The summed E-state index contributed by atoms with van der Waals surface area (Å²) in [7, 11) is 0. The fourth-order valence-corrected chi connectivity index (χ4v) is 2.05. The number of carboxylic acids is 1. The van der Waals surface area contributed by atoms with Crippen molar-refractivity contribution in [3.05, 3.63) is 53.3 Å². The zero-order chi connectivity index (χ0) is 16.9. The second kappa shape index (κ2) is 7.15. The van der Waals surface area contributed by atoms with Gasteiger partial charge in [-0.25, -0.2) is 9.59 Å². The molecule has 7 nitrogen and oxygen atoms in total. The topological polar surface area (TPSA) is 93.5 Å². The van der Waals surface area contributed by atoms with Crippen molar-refractivity contribution >= 4 is 23.7 Å². The number of aliphatic carboxylic acids is 1. The lowest BCUT2D eigenvalue weighted by Gasteiger charge is -2.25. The van der Waals surface area contributed by atoms with Gasteiger partial charge >= 0.3 is 12.1 Å². The summed E-state index contributed by atoms with van der Waals surface area (Å²) in [5.74, 6) is -1.21. The molecule has 2 rings (SSSR count). The van der Waals surface area contributed by atoms with Gasteiger partial charge in [-0.05, 0) is 12.5 Å². The van der Waals surface area contributed by atoms with E-state index in [1.54, 1.807) is 12.1 Å². The van der Waals surface area contributed by atoms with Crippen LogP contribution in [0.2, 0.25) is 5.02 Å². The lowest BCUT2D eigenvalue weighted by molar-refractivity contribution is -0.144. The largest absolute Gasteiger partial charge is 0.479 e. The number of hydrogen-bond acceptors (Lipinski definition) is 4. The minimum absolute atomic E-state index is 0.0516. The number of alkyl carbamates (subject to hydrolysis) is 1. The normalized spacial score (nSPS) is 13.1. The molecule has 23 heavy (non-hydrogen) atoms. The Kier molecular flexibility index (Phi) is 5.23. The number of rotatable bonds is 6. The summed E-state index contributed by atoms with van der Waals surface area (Å²) in [5.41, 5.74) is -0.776. The molecule has 0 bridgehead atoms. The minimum atomic E-state index is -1.58. The summed E-state index contributed by atoms with van der Waals surface area (Å²) in [4.78, 5) is 23.4. The maximum Gasteiger partial charge on any atom is 0.408 e. The van der Waals surface area contributed by atoms with Crippen LogP contribution >= 0.6 is 11.6 Å². The molecule has 0 aliphatic rings. The van der Waals surface area contributed by atoms with Crippen molar-refractivity contribution < 1.29 is 19.4 Å². The molecule has 0 saturated carbocycles. The van der Waals surface area contributed by atoms with Gasteiger partial charge in [-0.3, -0.25) is 4.68 Å². The quantitative estimate of drug-likeness (QED) is 0.843. The summed E-state index contributed by atoms with van der Waals surface area (Å²) >= 11 is 5.75. The number of halogens is 1. The Hall–Kier alpha value is -2.54. The summed E-state index contributed by atoms with van der Waals surface area (Å²) in [6.45, 7) is 1.33. The van der Waals surface area contributed by atoms with Crippen LogP contribution in [-0.2, 0) is 22.7 Å². The molecule has 0 spiro atoms. The van der Waals surface area contributed by atoms with Crippen LogP contribution in [0.25, 0.3) is 0 Å². The number of carbonyl (C=O) groups excluding carboxylic acids is 1. The second-order valence-corrected chi connectivity index (χ2v) is 5.62. The number of amides is 1. The van der Waals surface area contributed by atoms with Gasteiger partial charge in [-0.15, -0.1) is 0 Å². The SMILES string of the molecule is CC(Cn1cc(Cl)cn1)(NC(=O)OCc1ccccc1)C(=O)O. The fourth-order valence-electron chi connectivity index (χ4n) is 1.89. The van der Waals surface area contributed by atoms with Gasteiger partial charge in [-0.1, -0.05) is 41.9 Å². The zero-order valence-electron chi connectivity index (χ0n) is 12.4. The Balaban J connectivity index is 1.97. The van der Waals surface area contributed by atoms with E-state index in [0.29, 0.717) is 5.02 Å². The number of carbonyl (C=O) groups is 2. The van der Waals surface area contributed by atoms with Crippen LogP contribution in [0.15, 0.2) is 42.7 Å². The highest BCUT2D eigenvalue weighted by Gasteiger charge is 2.36. The predicted octanol–water partition coefficient (Wildman–Crippen LogP) is 2.31. The van der Waals surface area contributed by atoms with Gasteiger partial charge in [0.15, 0.2) is 5.54 Å². The third-order valence-corrected chi connectivity index (χ3v) is 3.34. The Morgan fingerprint density at radius 3 is 2.65 bits per heavy atom. The number of aromatic nitrogens is 2. The molecule has 122 valence electrons. The first kappa shape index (κ1) is 16.8. The molecule has 1 heterocycles. The van der Waals surface area contributed by atoms with Crippen molar-refractivity contribution in [3.8, 4) is 0 Å². The molecule has 8 heteroatoms. The molecule has 2 aromatic rings. The highest BCUT2D eigenvalue weighted by atomic mass is 35.5. The van der Waals surface area contributed by atoms with Crippen LogP contribution < -0.4 is 5.32 Å². The summed E-state index contributed by atoms with van der Waals surface area (Å²) < 4.78 is 6.39. The van der Waals surface area contributed by atoms with E-state index in [1.807, 2.05) is 18.2 Å². The van der Waals surface area contributed by atoms with E-state index in [9.17, 15) is 14.7 Å². The smallest absolute Gasteiger partial charge is 0.408 e. The Morgan fingerprint density at radius 1 is 1.39 bits per heavy atom. The van der Waals surface area contributed by atoms with E-state index >= 15 is 0 Å². The fraction of sp³-hybridized carbons (Fsp3) is 0.267. The van der Waals surface area contributed by atoms with Crippen molar-refractivity contribution in [3.63, 3.8) is 0 Å². The van der Waals surface area contributed by atoms with Crippen molar-refractivity contribution in [2.24, 2.45) is 0 Å². The summed E-state index contributed by atoms with van der Waals surface area (Å²) in [6, 6.07) is 9.09. The maximum atomic E-state index is 11.9. The molecule has 0 aliphatic heterocycles. The molecular formula is C15H16ClN3O4. The van der Waals surface area contributed by atoms with Crippen LogP contribution in [-0.4, -0.2) is 32.5 Å². The van der Waals surface area contributed by atoms with Crippen molar-refractivity contribution in [1.82, 2.24) is 15.1 Å². The van der Waals surface area contributed by atoms with Crippen molar-refractivity contribution in [1.29, 1.82) is 0 Å². The molecule has 2 N–H and O–H groups in total. The number of ether oxygens (including phenoxy) is 1. The highest BCUT2D eigenvalue weighted by Crippen LogP contribution is 2.12. The van der Waals surface area contributed by atoms with Gasteiger partial charge in [0, 0.05) is 6.20 Å². The van der Waals surface area contributed by atoms with Gasteiger partial charge < -0.3 is 15.2 Å². The Labute approximate surface area is 137 Å². The number of benzene rings is 1. The first-order valence-corrected chi connectivity index (χ1v) is 7.17. The number of carboxylic acid groups (broad SMARTS) is 1. The molecule has 1 unspecified atom stereocenters. The first-order valence-electron chi connectivity index (χ1n) is 6.79. The van der Waals surface area contributed by atoms with E-state index in [-0.39, 0.29) is 13.2 Å². The van der Waals surface area contributed by atoms with E-state index in [0.717, 1.165) is 5.56 Å². The lowest BCUT2D eigenvalue weighted by Crippen LogP contribution is -2.55. The average Bonchev–Trinajstić information content (AvgIpc) is 2.91. The average molecular weight is 338 g/mol. The van der Waals surface area contributed by atoms with E-state index in [1.165, 1.54) is 24.0 Å². The zero-order valence-corrected chi connectivity index (χ0v) is 13.2. The summed E-state index contributed by atoms with van der Waals surface area (Å²) in [6.07, 6.45) is 2.04. The Morgan fingerprint density at radius 2 is 2.09 bits per heavy atom. The van der Waals surface area contributed by atoms with E-state index < -0.39 is 17.6 Å². The third-order valence-electron chi connectivity index (χ3n) is 3.14. The van der Waals surface area contributed by atoms with E-state index in [2.05, 4.69) is 10.4 Å². The summed E-state index contributed by atoms with van der Waals surface area (Å²) in [5, 5.41) is 16.0. The molecular weight excluding hydrogens is 322 g/mol. The molecule has 0 aliphatic carbocycles. The minimum Gasteiger partial charge on any atom is -0.479 e. The molecule has 0 saturated heterocycles. The number of nitrogens with zero attached hydrogens (tertiary/aromatic N) is 2. The van der Waals surface area contributed by atoms with Gasteiger partial charge in [0.05, 0.1) is 17.8 Å². The maximum absolute atomic E-state index is 11.9.